The second-order valence-corrected chi connectivity index (χ2v) is 4.54. The molecule has 0 heterocycles. The zero-order chi connectivity index (χ0) is 9.26. The fourth-order valence-corrected chi connectivity index (χ4v) is 1.69. The summed E-state index contributed by atoms with van der Waals surface area (Å²) in [4.78, 5) is 4.37. The van der Waals surface area contributed by atoms with E-state index in [4.69, 9.17) is 5.73 Å². The summed E-state index contributed by atoms with van der Waals surface area (Å²) in [6, 6.07) is 8.07. The molecule has 2 nitrogen and oxygen atoms in total. The lowest BCUT2D eigenvalue weighted by Crippen LogP contribution is -2.12. The molecule has 0 aliphatic heterocycles. The van der Waals surface area contributed by atoms with Crippen LogP contribution in [0, 0.1) is 9.49 Å². The number of halogens is 1. The standard InChI is InChI=1S/C10H11IN2/c11-8-2-1-3-9(6-8)13-10(12)7-4-5-7/h1-3,6-7H,4-5H2,(H2,12,13). The molecule has 1 saturated carbocycles. The number of benzene rings is 1. The highest BCUT2D eigenvalue weighted by molar-refractivity contribution is 14.1. The molecule has 0 spiro atoms. The molecule has 0 bridgehead atoms. The molecule has 1 aliphatic rings. The van der Waals surface area contributed by atoms with Crippen molar-refractivity contribution in [2.24, 2.45) is 16.6 Å². The first kappa shape index (κ1) is 8.99. The Morgan fingerprint density at radius 3 is 2.85 bits per heavy atom. The molecule has 0 saturated heterocycles. The number of nitrogens with zero attached hydrogens (tertiary/aromatic N) is 1. The Kier molecular flexibility index (Phi) is 2.53. The molecule has 1 fully saturated rings. The minimum atomic E-state index is 0.554. The van der Waals surface area contributed by atoms with Crippen LogP contribution in [0.1, 0.15) is 12.8 Å². The van der Waals surface area contributed by atoms with Crippen molar-refractivity contribution in [1.82, 2.24) is 0 Å². The summed E-state index contributed by atoms with van der Waals surface area (Å²) in [5.41, 5.74) is 6.78. The number of hydrogen-bond acceptors (Lipinski definition) is 1. The Balaban J connectivity index is 2.20. The molecule has 3 heteroatoms. The Labute approximate surface area is 91.4 Å². The maximum absolute atomic E-state index is 5.81. The van der Waals surface area contributed by atoms with Gasteiger partial charge in [0.05, 0.1) is 5.69 Å². The first-order valence-electron chi connectivity index (χ1n) is 4.35. The maximum atomic E-state index is 5.81. The number of nitrogens with two attached hydrogens (primary N) is 1. The van der Waals surface area contributed by atoms with E-state index in [1.807, 2.05) is 24.3 Å². The third-order valence-corrected chi connectivity index (χ3v) is 2.73. The van der Waals surface area contributed by atoms with Gasteiger partial charge in [-0.2, -0.15) is 0 Å². The van der Waals surface area contributed by atoms with E-state index in [2.05, 4.69) is 27.6 Å². The van der Waals surface area contributed by atoms with Crippen molar-refractivity contribution in [2.45, 2.75) is 12.8 Å². The number of rotatable bonds is 2. The highest BCUT2D eigenvalue weighted by Crippen LogP contribution is 2.30. The highest BCUT2D eigenvalue weighted by Gasteiger charge is 2.25. The van der Waals surface area contributed by atoms with Crippen LogP contribution in [-0.2, 0) is 0 Å². The summed E-state index contributed by atoms with van der Waals surface area (Å²) in [7, 11) is 0. The van der Waals surface area contributed by atoms with Gasteiger partial charge in [-0.1, -0.05) is 6.07 Å². The average Bonchev–Trinajstić information content (AvgIpc) is 2.85. The van der Waals surface area contributed by atoms with Crippen LogP contribution in [0.2, 0.25) is 0 Å². The van der Waals surface area contributed by atoms with E-state index in [9.17, 15) is 0 Å². The van der Waals surface area contributed by atoms with Gasteiger partial charge >= 0.3 is 0 Å². The lowest BCUT2D eigenvalue weighted by molar-refractivity contribution is 1.15. The molecule has 68 valence electrons. The van der Waals surface area contributed by atoms with Crippen molar-refractivity contribution < 1.29 is 0 Å². The van der Waals surface area contributed by atoms with Crippen LogP contribution in [0.3, 0.4) is 0 Å². The second-order valence-electron chi connectivity index (χ2n) is 3.29. The SMILES string of the molecule is NC(=Nc1cccc(I)c1)C1CC1. The van der Waals surface area contributed by atoms with Gasteiger partial charge in [-0.15, -0.1) is 0 Å². The van der Waals surface area contributed by atoms with Crippen LogP contribution in [-0.4, -0.2) is 5.84 Å². The quantitative estimate of drug-likeness (QED) is 0.506. The van der Waals surface area contributed by atoms with Crippen LogP contribution in [0.5, 0.6) is 0 Å². The van der Waals surface area contributed by atoms with Gasteiger partial charge in [0.1, 0.15) is 5.84 Å². The third kappa shape index (κ3) is 2.43. The summed E-state index contributed by atoms with van der Waals surface area (Å²) >= 11 is 2.28. The number of amidine groups is 1. The van der Waals surface area contributed by atoms with E-state index < -0.39 is 0 Å². The Bertz CT molecular complexity index is 343. The molecular weight excluding hydrogens is 275 g/mol. The molecule has 13 heavy (non-hydrogen) atoms. The van der Waals surface area contributed by atoms with Crippen molar-refractivity contribution in [3.63, 3.8) is 0 Å². The maximum Gasteiger partial charge on any atom is 0.103 e. The number of aliphatic imine (C=N–C) groups is 1. The van der Waals surface area contributed by atoms with Gasteiger partial charge in [0.2, 0.25) is 0 Å². The molecule has 1 aromatic carbocycles. The van der Waals surface area contributed by atoms with E-state index in [-0.39, 0.29) is 0 Å². The van der Waals surface area contributed by atoms with Gasteiger partial charge < -0.3 is 5.73 Å². The smallest absolute Gasteiger partial charge is 0.103 e. The van der Waals surface area contributed by atoms with Crippen molar-refractivity contribution in [3.8, 4) is 0 Å². The molecular formula is C10H11IN2. The third-order valence-electron chi connectivity index (χ3n) is 2.06. The Hall–Kier alpha value is -0.580. The van der Waals surface area contributed by atoms with E-state index in [0.29, 0.717) is 5.92 Å². The minimum Gasteiger partial charge on any atom is -0.387 e. The molecule has 0 radical (unpaired) electrons. The second kappa shape index (κ2) is 3.65. The van der Waals surface area contributed by atoms with Crippen molar-refractivity contribution in [2.75, 3.05) is 0 Å². The first-order valence-corrected chi connectivity index (χ1v) is 5.43. The van der Waals surface area contributed by atoms with Gasteiger partial charge in [0.25, 0.3) is 0 Å². The van der Waals surface area contributed by atoms with E-state index in [0.717, 1.165) is 11.5 Å². The lowest BCUT2D eigenvalue weighted by atomic mass is 10.3. The van der Waals surface area contributed by atoms with Crippen LogP contribution in [0.25, 0.3) is 0 Å². The van der Waals surface area contributed by atoms with E-state index in [1.165, 1.54) is 16.4 Å². The van der Waals surface area contributed by atoms with Gasteiger partial charge in [0, 0.05) is 9.49 Å². The van der Waals surface area contributed by atoms with Gasteiger partial charge in [-0.25, -0.2) is 4.99 Å². The summed E-state index contributed by atoms with van der Waals surface area (Å²) in [6.07, 6.45) is 2.42. The normalized spacial score (nSPS) is 17.5. The van der Waals surface area contributed by atoms with E-state index >= 15 is 0 Å². The molecule has 2 rings (SSSR count). The van der Waals surface area contributed by atoms with Crippen LogP contribution < -0.4 is 5.73 Å². The van der Waals surface area contributed by atoms with E-state index in [1.54, 1.807) is 0 Å². The van der Waals surface area contributed by atoms with Gasteiger partial charge in [-0.05, 0) is 53.6 Å². The predicted molar refractivity (Wildman–Crippen MR) is 63.2 cm³/mol. The van der Waals surface area contributed by atoms with Gasteiger partial charge in [0.15, 0.2) is 0 Å². The predicted octanol–water partition coefficient (Wildman–Crippen LogP) is 2.69. The first-order chi connectivity index (χ1) is 6.25. The van der Waals surface area contributed by atoms with Crippen molar-refractivity contribution in [3.05, 3.63) is 27.8 Å². The van der Waals surface area contributed by atoms with Crippen LogP contribution in [0.15, 0.2) is 29.3 Å². The Morgan fingerprint density at radius 2 is 2.23 bits per heavy atom. The summed E-state index contributed by atoms with van der Waals surface area (Å²) in [6.45, 7) is 0. The van der Waals surface area contributed by atoms with Crippen molar-refractivity contribution in [1.29, 1.82) is 0 Å². The lowest BCUT2D eigenvalue weighted by Gasteiger charge is -1.98. The topological polar surface area (TPSA) is 38.4 Å². The van der Waals surface area contributed by atoms with Crippen LogP contribution in [0.4, 0.5) is 5.69 Å². The molecule has 1 aliphatic carbocycles. The summed E-state index contributed by atoms with van der Waals surface area (Å²) in [5.74, 6) is 1.35. The minimum absolute atomic E-state index is 0.554. The van der Waals surface area contributed by atoms with Crippen LogP contribution >= 0.6 is 22.6 Å². The fourth-order valence-electron chi connectivity index (χ4n) is 1.17. The largest absolute Gasteiger partial charge is 0.387 e. The summed E-state index contributed by atoms with van der Waals surface area (Å²) < 4.78 is 1.20. The molecule has 1 aromatic rings. The highest BCUT2D eigenvalue weighted by atomic mass is 127. The van der Waals surface area contributed by atoms with Crippen molar-refractivity contribution >= 4 is 34.1 Å². The molecule has 0 unspecified atom stereocenters. The monoisotopic (exact) mass is 286 g/mol. The Morgan fingerprint density at radius 1 is 1.46 bits per heavy atom. The summed E-state index contributed by atoms with van der Waals surface area (Å²) in [5, 5.41) is 0. The zero-order valence-corrected chi connectivity index (χ0v) is 9.36. The molecule has 2 N–H and O–H groups in total. The van der Waals surface area contributed by atoms with Gasteiger partial charge in [-0.3, -0.25) is 0 Å². The fraction of sp³-hybridized carbons (Fsp3) is 0.300. The molecule has 0 aromatic heterocycles. The average molecular weight is 286 g/mol. The zero-order valence-electron chi connectivity index (χ0n) is 7.20. The molecule has 0 amide bonds. The molecule has 0 atom stereocenters. The number of hydrogen-bond donors (Lipinski definition) is 1.